The number of aromatic hydroxyl groups is 1. The average Bonchev–Trinajstić information content (AvgIpc) is 3.20. The van der Waals surface area contributed by atoms with Gasteiger partial charge in [-0.05, 0) is 37.5 Å². The van der Waals surface area contributed by atoms with E-state index in [4.69, 9.17) is 0 Å². The number of benzene rings is 1. The highest BCUT2D eigenvalue weighted by Crippen LogP contribution is 2.32. The zero-order valence-electron chi connectivity index (χ0n) is 14.5. The molecule has 26 heavy (non-hydrogen) atoms. The Kier molecular flexibility index (Phi) is 3.99. The highest BCUT2D eigenvalue weighted by Gasteiger charge is 2.31. The molecule has 2 N–H and O–H groups in total. The number of hydrogen-bond acceptors (Lipinski definition) is 4. The number of phenolic OH excluding ortho intramolecular Hbond substituents is 1. The summed E-state index contributed by atoms with van der Waals surface area (Å²) in [6, 6.07) is 9.99. The van der Waals surface area contributed by atoms with Gasteiger partial charge in [-0.15, -0.1) is 0 Å². The maximum Gasteiger partial charge on any atom is 0.272 e. The van der Waals surface area contributed by atoms with Crippen LogP contribution in [0.3, 0.4) is 0 Å². The molecule has 3 aromatic rings. The van der Waals surface area contributed by atoms with E-state index in [0.29, 0.717) is 17.9 Å². The third-order valence-corrected chi connectivity index (χ3v) is 4.80. The quantitative estimate of drug-likeness (QED) is 0.754. The monoisotopic (exact) mass is 352 g/mol. The molecule has 1 saturated heterocycles. The molecule has 0 aliphatic carbocycles. The van der Waals surface area contributed by atoms with Gasteiger partial charge in [0.2, 0.25) is 5.91 Å². The Bertz CT molecular complexity index is 1040. The summed E-state index contributed by atoms with van der Waals surface area (Å²) >= 11 is 0. The zero-order chi connectivity index (χ0) is 18.3. The summed E-state index contributed by atoms with van der Waals surface area (Å²) in [6.07, 6.45) is 1.99. The van der Waals surface area contributed by atoms with Gasteiger partial charge in [0.1, 0.15) is 5.75 Å². The molecule has 3 heterocycles. The molecule has 7 heteroatoms. The SMILES string of the molecule is Cc1cc(=O)n2[nH]c([C@@H]3CCCN3C(=O)Cc3cccc(O)c3)cc2n1. The molecule has 1 aliphatic rings. The number of carbonyl (C=O) groups excluding carboxylic acids is 1. The fraction of sp³-hybridized carbons (Fsp3) is 0.316. The van der Waals surface area contributed by atoms with Crippen LogP contribution in [0, 0.1) is 6.92 Å². The lowest BCUT2D eigenvalue weighted by molar-refractivity contribution is -0.131. The third kappa shape index (κ3) is 2.96. The van der Waals surface area contributed by atoms with Crippen molar-refractivity contribution in [1.29, 1.82) is 0 Å². The van der Waals surface area contributed by atoms with Crippen molar-refractivity contribution in [3.05, 3.63) is 63.7 Å². The number of amides is 1. The van der Waals surface area contributed by atoms with Gasteiger partial charge in [0.15, 0.2) is 5.65 Å². The maximum absolute atomic E-state index is 12.8. The summed E-state index contributed by atoms with van der Waals surface area (Å²) in [5, 5.41) is 12.7. The summed E-state index contributed by atoms with van der Waals surface area (Å²) in [6.45, 7) is 2.47. The van der Waals surface area contributed by atoms with Crippen LogP contribution in [0.2, 0.25) is 0 Å². The Morgan fingerprint density at radius 1 is 1.35 bits per heavy atom. The van der Waals surface area contributed by atoms with E-state index in [9.17, 15) is 14.7 Å². The zero-order valence-corrected chi connectivity index (χ0v) is 14.5. The van der Waals surface area contributed by atoms with E-state index < -0.39 is 0 Å². The topological polar surface area (TPSA) is 90.7 Å². The molecule has 1 fully saturated rings. The number of nitrogens with one attached hydrogen (secondary N) is 1. The molecule has 7 nitrogen and oxygen atoms in total. The number of carbonyl (C=O) groups is 1. The van der Waals surface area contributed by atoms with E-state index in [2.05, 4.69) is 10.1 Å². The van der Waals surface area contributed by atoms with Crippen LogP contribution >= 0.6 is 0 Å². The number of hydrogen-bond donors (Lipinski definition) is 2. The number of aromatic nitrogens is 3. The van der Waals surface area contributed by atoms with Crippen LogP contribution in [0.1, 0.15) is 35.8 Å². The van der Waals surface area contributed by atoms with E-state index in [1.54, 1.807) is 25.1 Å². The van der Waals surface area contributed by atoms with E-state index in [1.165, 1.54) is 10.6 Å². The molecule has 0 spiro atoms. The molecule has 0 bridgehead atoms. The van der Waals surface area contributed by atoms with Crippen molar-refractivity contribution in [2.24, 2.45) is 0 Å². The molecule has 2 aromatic heterocycles. The number of H-pyrrole nitrogens is 1. The Morgan fingerprint density at radius 3 is 3.00 bits per heavy atom. The summed E-state index contributed by atoms with van der Waals surface area (Å²) in [5.41, 5.74) is 2.68. The number of phenols is 1. The predicted octanol–water partition coefficient (Wildman–Crippen LogP) is 1.94. The summed E-state index contributed by atoms with van der Waals surface area (Å²) in [7, 11) is 0. The van der Waals surface area contributed by atoms with Crippen molar-refractivity contribution in [3.63, 3.8) is 0 Å². The minimum Gasteiger partial charge on any atom is -0.508 e. The predicted molar refractivity (Wildman–Crippen MR) is 96.0 cm³/mol. The van der Waals surface area contributed by atoms with E-state index >= 15 is 0 Å². The average molecular weight is 352 g/mol. The molecular formula is C19H20N4O3. The summed E-state index contributed by atoms with van der Waals surface area (Å²) in [5.74, 6) is 0.165. The van der Waals surface area contributed by atoms with Gasteiger partial charge in [0.05, 0.1) is 18.2 Å². The first-order chi connectivity index (χ1) is 12.5. The number of fused-ring (bicyclic) bond motifs is 1. The first kappa shape index (κ1) is 16.4. The second kappa shape index (κ2) is 6.33. The van der Waals surface area contributed by atoms with Crippen molar-refractivity contribution in [3.8, 4) is 5.75 Å². The van der Waals surface area contributed by atoms with Gasteiger partial charge in [-0.3, -0.25) is 14.7 Å². The van der Waals surface area contributed by atoms with E-state index in [1.807, 2.05) is 17.0 Å². The van der Waals surface area contributed by atoms with Gasteiger partial charge in [-0.1, -0.05) is 12.1 Å². The molecule has 0 unspecified atom stereocenters. The van der Waals surface area contributed by atoms with Crippen LogP contribution in [0.15, 0.2) is 41.2 Å². The van der Waals surface area contributed by atoms with Crippen LogP contribution in [-0.4, -0.2) is 37.1 Å². The summed E-state index contributed by atoms with van der Waals surface area (Å²) < 4.78 is 1.42. The highest BCUT2D eigenvalue weighted by molar-refractivity contribution is 5.79. The van der Waals surface area contributed by atoms with Crippen LogP contribution in [0.25, 0.3) is 5.65 Å². The van der Waals surface area contributed by atoms with Gasteiger partial charge in [-0.25, -0.2) is 9.50 Å². The second-order valence-electron chi connectivity index (χ2n) is 6.73. The summed E-state index contributed by atoms with van der Waals surface area (Å²) in [4.78, 5) is 31.1. The number of likely N-dealkylation sites (tertiary alicyclic amines) is 1. The molecule has 134 valence electrons. The molecule has 0 saturated carbocycles. The molecule has 0 radical (unpaired) electrons. The first-order valence-electron chi connectivity index (χ1n) is 8.68. The fourth-order valence-electron chi connectivity index (χ4n) is 3.63. The van der Waals surface area contributed by atoms with E-state index in [0.717, 1.165) is 24.1 Å². The highest BCUT2D eigenvalue weighted by atomic mass is 16.3. The second-order valence-corrected chi connectivity index (χ2v) is 6.73. The van der Waals surface area contributed by atoms with E-state index in [-0.39, 0.29) is 29.7 Å². The molecule has 1 aromatic carbocycles. The number of aryl methyl sites for hydroxylation is 1. The number of aromatic amines is 1. The van der Waals surface area contributed by atoms with Gasteiger partial charge in [0.25, 0.3) is 5.56 Å². The van der Waals surface area contributed by atoms with Crippen molar-refractivity contribution >= 4 is 11.6 Å². The van der Waals surface area contributed by atoms with Crippen molar-refractivity contribution < 1.29 is 9.90 Å². The Balaban J connectivity index is 1.61. The Labute approximate surface area is 149 Å². The van der Waals surface area contributed by atoms with Gasteiger partial charge >= 0.3 is 0 Å². The first-order valence-corrected chi connectivity index (χ1v) is 8.68. The largest absolute Gasteiger partial charge is 0.508 e. The van der Waals surface area contributed by atoms with Crippen LogP contribution in [0.5, 0.6) is 5.75 Å². The third-order valence-electron chi connectivity index (χ3n) is 4.80. The molecule has 1 atom stereocenters. The number of rotatable bonds is 3. The van der Waals surface area contributed by atoms with Gasteiger partial charge < -0.3 is 10.0 Å². The lowest BCUT2D eigenvalue weighted by atomic mass is 10.1. The van der Waals surface area contributed by atoms with Crippen LogP contribution in [0.4, 0.5) is 0 Å². The molecule has 1 aliphatic heterocycles. The molecular weight excluding hydrogens is 332 g/mol. The van der Waals surface area contributed by atoms with Crippen molar-refractivity contribution in [2.45, 2.75) is 32.2 Å². The van der Waals surface area contributed by atoms with Crippen LogP contribution in [-0.2, 0) is 11.2 Å². The Morgan fingerprint density at radius 2 is 2.19 bits per heavy atom. The fourth-order valence-corrected chi connectivity index (χ4v) is 3.63. The number of nitrogens with zero attached hydrogens (tertiary/aromatic N) is 3. The van der Waals surface area contributed by atoms with Crippen LogP contribution < -0.4 is 5.56 Å². The lowest BCUT2D eigenvalue weighted by Crippen LogP contribution is -2.32. The molecule has 4 rings (SSSR count). The van der Waals surface area contributed by atoms with Crippen molar-refractivity contribution in [2.75, 3.05) is 6.54 Å². The smallest absolute Gasteiger partial charge is 0.272 e. The maximum atomic E-state index is 12.8. The molecule has 1 amide bonds. The lowest BCUT2D eigenvalue weighted by Gasteiger charge is -2.24. The Hall–Kier alpha value is -3.09. The minimum absolute atomic E-state index is 0.00763. The standard InChI is InChI=1S/C19H20N4O3/c1-12-8-19(26)23-17(20-12)11-15(21-23)16-6-3-7-22(16)18(25)10-13-4-2-5-14(24)9-13/h2,4-5,8-9,11,16,21,24H,3,6-7,10H2,1H3/t16-/m0/s1. The normalized spacial score (nSPS) is 17.1. The minimum atomic E-state index is -0.158. The van der Waals surface area contributed by atoms with Gasteiger partial charge in [-0.2, -0.15) is 0 Å². The van der Waals surface area contributed by atoms with Crippen molar-refractivity contribution in [1.82, 2.24) is 19.5 Å². The van der Waals surface area contributed by atoms with Gasteiger partial charge in [0, 0.05) is 24.4 Å².